The van der Waals surface area contributed by atoms with Crippen molar-refractivity contribution in [2.75, 3.05) is 6.61 Å². The molecule has 0 heterocycles. The average Bonchev–Trinajstić information content (AvgIpc) is 3.25. The molecule has 0 N–H and O–H groups in total. The lowest BCUT2D eigenvalue weighted by atomic mass is 9.84. The Morgan fingerprint density at radius 1 is 1.20 bits per heavy atom. The number of ether oxygens (including phenoxy) is 1. The number of halogens is 5. The summed E-state index contributed by atoms with van der Waals surface area (Å²) >= 11 is 0. The van der Waals surface area contributed by atoms with Gasteiger partial charge in [-0.15, -0.1) is 0 Å². The molecular formula is C18H19F5O2. The summed E-state index contributed by atoms with van der Waals surface area (Å²) in [6, 6.07) is 2.27. The molecule has 0 bridgehead atoms. The normalized spacial score (nSPS) is 26.7. The zero-order chi connectivity index (χ0) is 18.4. The van der Waals surface area contributed by atoms with Crippen LogP contribution in [0, 0.1) is 23.5 Å². The molecule has 0 radical (unpaired) electrons. The number of hydrogen-bond acceptors (Lipinski definition) is 2. The van der Waals surface area contributed by atoms with Gasteiger partial charge in [0.25, 0.3) is 0 Å². The first kappa shape index (κ1) is 18.1. The highest BCUT2D eigenvalue weighted by atomic mass is 19.4. The van der Waals surface area contributed by atoms with Crippen LogP contribution in [0.4, 0.5) is 22.0 Å². The van der Waals surface area contributed by atoms with Crippen molar-refractivity contribution in [3.63, 3.8) is 0 Å². The van der Waals surface area contributed by atoms with E-state index in [2.05, 4.69) is 0 Å². The quantitative estimate of drug-likeness (QED) is 0.552. The fourth-order valence-corrected chi connectivity index (χ4v) is 3.85. The molecule has 2 fully saturated rings. The lowest BCUT2D eigenvalue weighted by molar-refractivity contribution is -0.174. The highest BCUT2D eigenvalue weighted by molar-refractivity contribution is 5.74. The van der Waals surface area contributed by atoms with Crippen molar-refractivity contribution in [1.82, 2.24) is 0 Å². The molecule has 138 valence electrons. The fraction of sp³-hybridized carbons (Fsp3) is 0.611. The zero-order valence-corrected chi connectivity index (χ0v) is 13.7. The standard InChI is InChI=1S/C18H19F5O2/c1-2-25-17(24)13-8-10(18(21,22)23)7-12(13)11-5-6-14(19)16(20)15(11)9-3-4-9/h5-6,9-10,12-13H,2-4,7-8H2,1H3/t10-,12-,13+/m0/s1. The van der Waals surface area contributed by atoms with Crippen LogP contribution in [0.3, 0.4) is 0 Å². The van der Waals surface area contributed by atoms with Gasteiger partial charge in [-0.05, 0) is 61.6 Å². The maximum atomic E-state index is 14.3. The summed E-state index contributed by atoms with van der Waals surface area (Å²) in [5.41, 5.74) is 0.466. The van der Waals surface area contributed by atoms with E-state index >= 15 is 0 Å². The SMILES string of the molecule is CCOC(=O)[C@@H]1C[C@@H](C(F)(F)F)C[C@H]1c1ccc(F)c(F)c1C1CC1. The molecule has 2 aliphatic carbocycles. The highest BCUT2D eigenvalue weighted by Gasteiger charge is 2.52. The molecule has 1 aromatic rings. The lowest BCUT2D eigenvalue weighted by Crippen LogP contribution is -2.23. The summed E-state index contributed by atoms with van der Waals surface area (Å²) in [6.45, 7) is 1.64. The smallest absolute Gasteiger partial charge is 0.391 e. The molecule has 25 heavy (non-hydrogen) atoms. The summed E-state index contributed by atoms with van der Waals surface area (Å²) < 4.78 is 72.5. The number of carbonyl (C=O) groups is 1. The summed E-state index contributed by atoms with van der Waals surface area (Å²) in [7, 11) is 0. The number of hydrogen-bond donors (Lipinski definition) is 0. The third-order valence-electron chi connectivity index (χ3n) is 5.17. The van der Waals surface area contributed by atoms with Crippen LogP contribution in [0.5, 0.6) is 0 Å². The van der Waals surface area contributed by atoms with Gasteiger partial charge in [-0.2, -0.15) is 13.2 Å². The van der Waals surface area contributed by atoms with E-state index in [0.717, 1.165) is 6.07 Å². The van der Waals surface area contributed by atoms with E-state index in [1.807, 2.05) is 0 Å². The second kappa shape index (κ2) is 6.57. The molecule has 3 rings (SSSR count). The van der Waals surface area contributed by atoms with Crippen LogP contribution in [-0.4, -0.2) is 18.8 Å². The third kappa shape index (κ3) is 3.51. The molecular weight excluding hydrogens is 343 g/mol. The summed E-state index contributed by atoms with van der Waals surface area (Å²) in [5.74, 6) is -6.34. The van der Waals surface area contributed by atoms with Crippen LogP contribution >= 0.6 is 0 Å². The molecule has 7 heteroatoms. The Morgan fingerprint density at radius 3 is 2.44 bits per heavy atom. The number of rotatable bonds is 4. The van der Waals surface area contributed by atoms with Crippen molar-refractivity contribution in [2.45, 2.75) is 50.6 Å². The van der Waals surface area contributed by atoms with Crippen molar-refractivity contribution in [1.29, 1.82) is 0 Å². The van der Waals surface area contributed by atoms with Gasteiger partial charge in [0.2, 0.25) is 0 Å². The van der Waals surface area contributed by atoms with E-state index in [-0.39, 0.29) is 30.9 Å². The maximum absolute atomic E-state index is 14.3. The first-order valence-corrected chi connectivity index (χ1v) is 8.45. The van der Waals surface area contributed by atoms with Crippen molar-refractivity contribution in [3.05, 3.63) is 34.9 Å². The van der Waals surface area contributed by atoms with Gasteiger partial charge in [0, 0.05) is 0 Å². The van der Waals surface area contributed by atoms with Gasteiger partial charge in [0.05, 0.1) is 18.4 Å². The van der Waals surface area contributed by atoms with Gasteiger partial charge in [-0.25, -0.2) is 8.78 Å². The van der Waals surface area contributed by atoms with Crippen molar-refractivity contribution >= 4 is 5.97 Å². The van der Waals surface area contributed by atoms with E-state index in [4.69, 9.17) is 4.74 Å². The van der Waals surface area contributed by atoms with Crippen LogP contribution < -0.4 is 0 Å². The molecule has 2 saturated carbocycles. The predicted octanol–water partition coefficient (Wildman–Crippen LogP) is 5.08. The van der Waals surface area contributed by atoms with Crippen LogP contribution in [-0.2, 0) is 9.53 Å². The van der Waals surface area contributed by atoms with E-state index < -0.39 is 41.5 Å². The van der Waals surface area contributed by atoms with Gasteiger partial charge in [-0.1, -0.05) is 6.07 Å². The zero-order valence-electron chi connectivity index (χ0n) is 13.7. The van der Waals surface area contributed by atoms with Gasteiger partial charge >= 0.3 is 12.1 Å². The number of alkyl halides is 3. The minimum Gasteiger partial charge on any atom is -0.466 e. The molecule has 0 amide bonds. The van der Waals surface area contributed by atoms with Crippen LogP contribution in [0.25, 0.3) is 0 Å². The van der Waals surface area contributed by atoms with Crippen LogP contribution in [0.2, 0.25) is 0 Å². The lowest BCUT2D eigenvalue weighted by Gasteiger charge is -2.22. The molecule has 0 aromatic heterocycles. The molecule has 2 nitrogen and oxygen atoms in total. The molecule has 2 aliphatic rings. The van der Waals surface area contributed by atoms with Crippen LogP contribution in [0.1, 0.15) is 55.6 Å². The first-order chi connectivity index (χ1) is 11.7. The van der Waals surface area contributed by atoms with Crippen molar-refractivity contribution < 1.29 is 31.5 Å². The van der Waals surface area contributed by atoms with Crippen molar-refractivity contribution in [3.8, 4) is 0 Å². The molecule has 0 aliphatic heterocycles. The topological polar surface area (TPSA) is 26.3 Å². The number of carbonyl (C=O) groups excluding carboxylic acids is 1. The minimum absolute atomic E-state index is 0.0615. The second-order valence-electron chi connectivity index (χ2n) is 6.81. The van der Waals surface area contributed by atoms with Gasteiger partial charge < -0.3 is 4.74 Å². The summed E-state index contributed by atoms with van der Waals surface area (Å²) in [6.07, 6.45) is -3.77. The molecule has 0 spiro atoms. The van der Waals surface area contributed by atoms with Gasteiger partial charge in [-0.3, -0.25) is 4.79 Å². The van der Waals surface area contributed by atoms with E-state index in [1.54, 1.807) is 6.92 Å². The van der Waals surface area contributed by atoms with Crippen LogP contribution in [0.15, 0.2) is 12.1 Å². The minimum atomic E-state index is -4.43. The van der Waals surface area contributed by atoms with E-state index in [9.17, 15) is 26.7 Å². The largest absolute Gasteiger partial charge is 0.466 e. The maximum Gasteiger partial charge on any atom is 0.391 e. The Morgan fingerprint density at radius 2 is 1.88 bits per heavy atom. The monoisotopic (exact) mass is 362 g/mol. The third-order valence-corrected chi connectivity index (χ3v) is 5.17. The van der Waals surface area contributed by atoms with Gasteiger partial charge in [0.1, 0.15) is 0 Å². The van der Waals surface area contributed by atoms with Crippen molar-refractivity contribution in [2.24, 2.45) is 11.8 Å². The Kier molecular flexibility index (Phi) is 4.77. The Labute approximate surface area is 142 Å². The Bertz CT molecular complexity index is 666. The fourth-order valence-electron chi connectivity index (χ4n) is 3.85. The molecule has 3 atom stereocenters. The predicted molar refractivity (Wildman–Crippen MR) is 80.0 cm³/mol. The molecule has 0 unspecified atom stereocenters. The Balaban J connectivity index is 2.01. The molecule has 0 saturated heterocycles. The van der Waals surface area contributed by atoms with E-state index in [0.29, 0.717) is 18.4 Å². The highest BCUT2D eigenvalue weighted by Crippen LogP contribution is 2.53. The first-order valence-electron chi connectivity index (χ1n) is 8.45. The Hall–Kier alpha value is -1.66. The van der Waals surface area contributed by atoms with E-state index in [1.165, 1.54) is 6.07 Å². The second-order valence-corrected chi connectivity index (χ2v) is 6.81. The number of benzene rings is 1. The number of esters is 1. The average molecular weight is 362 g/mol. The molecule has 1 aromatic carbocycles. The summed E-state index contributed by atoms with van der Waals surface area (Å²) in [4.78, 5) is 12.2. The summed E-state index contributed by atoms with van der Waals surface area (Å²) in [5, 5.41) is 0. The van der Waals surface area contributed by atoms with Gasteiger partial charge in [0.15, 0.2) is 11.6 Å².